The van der Waals surface area contributed by atoms with E-state index in [0.717, 1.165) is 46.0 Å². The average Bonchev–Trinajstić information content (AvgIpc) is 3.35. The number of nitrogens with one attached hydrogen (secondary N) is 7. The van der Waals surface area contributed by atoms with Crippen molar-refractivity contribution in [2.75, 3.05) is 32.8 Å². The lowest BCUT2D eigenvalue weighted by atomic mass is 10.0. The fourth-order valence-electron chi connectivity index (χ4n) is 7.17. The maximum atomic E-state index is 13.5. The van der Waals surface area contributed by atoms with Gasteiger partial charge in [0.1, 0.15) is 36.3 Å². The second-order valence-corrected chi connectivity index (χ2v) is 17.1. The van der Waals surface area contributed by atoms with Crippen LogP contribution >= 0.6 is 0 Å². The summed E-state index contributed by atoms with van der Waals surface area (Å²) in [5.41, 5.74) is 0. The molecule has 13 N–H and O–H groups in total. The molecular weight excluding hydrogens is 911 g/mol. The topological polar surface area (TPSA) is 383 Å². The maximum Gasteiger partial charge on any atom is 0.326 e. The summed E-state index contributed by atoms with van der Waals surface area (Å²) in [5.74, 6) is -10.2. The standard InChI is InChI=1S/C44H77N9O16/c1-4-5-6-7-8-9-10-11-12-13-14-15-16-21-35(58)51-36-37(59)43(65)45-23-22-31(47-42(36)64)39(61)50-33(26-54)40(62)46-30(19-17-24-52(68)28(2)56)38(60)49-34(27-55)41(63)48-32(44(66)67)20-18-25-53(69)29(3)57/h30-34,36-37,54-55,59,68-69H,4-27H2,1-3H3,(H,45,65)(H,46,62)(H,47,64)(H,48,63)(H,49,60)(H,50,61)(H,51,58)(H,66,67)/t30-,31+,32-,33+,34+,36-,37+/m1/s1. The molecule has 0 aromatic heterocycles. The number of carboxylic acid groups (broad SMARTS) is 1. The highest BCUT2D eigenvalue weighted by molar-refractivity contribution is 5.99. The number of hydrogen-bond donors (Lipinski definition) is 13. The van der Waals surface area contributed by atoms with Gasteiger partial charge in [0.2, 0.25) is 47.3 Å². The first-order valence-electron chi connectivity index (χ1n) is 23.9. The van der Waals surface area contributed by atoms with Gasteiger partial charge in [-0.15, -0.1) is 0 Å². The highest BCUT2D eigenvalue weighted by Gasteiger charge is 2.38. The molecule has 1 heterocycles. The Morgan fingerprint density at radius 2 is 1.06 bits per heavy atom. The van der Waals surface area contributed by atoms with Crippen molar-refractivity contribution in [2.24, 2.45) is 0 Å². The number of hydrogen-bond acceptors (Lipinski definition) is 15. The number of amides is 9. The lowest BCUT2D eigenvalue weighted by molar-refractivity contribution is -0.163. The molecule has 1 saturated heterocycles. The van der Waals surface area contributed by atoms with E-state index in [-0.39, 0.29) is 58.2 Å². The number of unbranched alkanes of at least 4 members (excludes halogenated alkanes) is 12. The number of carbonyl (C=O) groups excluding carboxylic acids is 9. The molecule has 0 bridgehead atoms. The Balaban J connectivity index is 2.98. The first kappa shape index (κ1) is 61.5. The van der Waals surface area contributed by atoms with E-state index >= 15 is 0 Å². The number of carboxylic acids is 1. The van der Waals surface area contributed by atoms with E-state index < -0.39 is 115 Å². The first-order valence-corrected chi connectivity index (χ1v) is 23.9. The summed E-state index contributed by atoms with van der Waals surface area (Å²) in [5, 5.41) is 76.4. The Morgan fingerprint density at radius 3 is 1.54 bits per heavy atom. The predicted octanol–water partition coefficient (Wildman–Crippen LogP) is -1.64. The van der Waals surface area contributed by atoms with Crippen molar-refractivity contribution in [3.05, 3.63) is 0 Å². The Morgan fingerprint density at radius 1 is 0.623 bits per heavy atom. The van der Waals surface area contributed by atoms with Crippen LogP contribution in [0, 0.1) is 0 Å². The molecule has 0 spiro atoms. The normalized spacial score (nSPS) is 17.7. The second-order valence-electron chi connectivity index (χ2n) is 17.1. The summed E-state index contributed by atoms with van der Waals surface area (Å²) in [7, 11) is 0. The van der Waals surface area contributed by atoms with Gasteiger partial charge in [0.15, 0.2) is 6.10 Å². The third-order valence-corrected chi connectivity index (χ3v) is 11.4. The monoisotopic (exact) mass is 988 g/mol. The minimum Gasteiger partial charge on any atom is -0.480 e. The van der Waals surface area contributed by atoms with E-state index in [1.807, 2.05) is 0 Å². The fourth-order valence-corrected chi connectivity index (χ4v) is 7.17. The Hall–Kier alpha value is -5.50. The van der Waals surface area contributed by atoms with Gasteiger partial charge in [-0.3, -0.25) is 53.6 Å². The zero-order valence-electron chi connectivity index (χ0n) is 40.2. The lowest BCUT2D eigenvalue weighted by Gasteiger charge is -2.26. The van der Waals surface area contributed by atoms with Crippen molar-refractivity contribution in [1.29, 1.82) is 0 Å². The Bertz CT molecular complexity index is 1670. The molecule has 0 aromatic rings. The van der Waals surface area contributed by atoms with E-state index in [1.54, 1.807) is 0 Å². The quantitative estimate of drug-likeness (QED) is 0.0195. The highest BCUT2D eigenvalue weighted by Crippen LogP contribution is 2.14. The fraction of sp³-hybridized carbons (Fsp3) is 0.773. The number of nitrogens with zero attached hydrogens (tertiary/aromatic N) is 2. The third-order valence-electron chi connectivity index (χ3n) is 11.4. The van der Waals surface area contributed by atoms with Crippen LogP contribution in [0.5, 0.6) is 0 Å². The van der Waals surface area contributed by atoms with E-state index in [2.05, 4.69) is 44.1 Å². The maximum absolute atomic E-state index is 13.5. The summed E-state index contributed by atoms with van der Waals surface area (Å²) in [6.45, 7) is 1.29. The van der Waals surface area contributed by atoms with Gasteiger partial charge in [0.05, 0.1) is 13.2 Å². The molecule has 394 valence electrons. The predicted molar refractivity (Wildman–Crippen MR) is 244 cm³/mol. The van der Waals surface area contributed by atoms with Crippen LogP contribution in [0.2, 0.25) is 0 Å². The molecule has 1 aliphatic heterocycles. The molecule has 1 rings (SSSR count). The van der Waals surface area contributed by atoms with Gasteiger partial charge in [-0.05, 0) is 38.5 Å². The number of rotatable bonds is 34. The van der Waals surface area contributed by atoms with Crippen LogP contribution in [0.15, 0.2) is 0 Å². The SMILES string of the molecule is CCCCCCCCCCCCCCCC(=O)N[C@H]1C(=O)N[C@H](C(=O)N[C@@H](CO)C(=O)N[C@H](CCCN(O)C(C)=O)C(=O)N[C@@H](CO)C(=O)N[C@H](CCCN(O)C(C)=O)C(=O)O)CCNC(=O)[C@H]1O. The van der Waals surface area contributed by atoms with Gasteiger partial charge in [0.25, 0.3) is 5.91 Å². The van der Waals surface area contributed by atoms with Crippen molar-refractivity contribution in [3.8, 4) is 0 Å². The van der Waals surface area contributed by atoms with Crippen LogP contribution < -0.4 is 37.2 Å². The number of hydroxylamine groups is 4. The van der Waals surface area contributed by atoms with Crippen LogP contribution in [0.1, 0.15) is 143 Å². The zero-order chi connectivity index (χ0) is 51.9. The molecular formula is C44H77N9O16. The zero-order valence-corrected chi connectivity index (χ0v) is 40.2. The lowest BCUT2D eigenvalue weighted by Crippen LogP contribution is -2.61. The summed E-state index contributed by atoms with van der Waals surface area (Å²) in [4.78, 5) is 127. The van der Waals surface area contributed by atoms with Gasteiger partial charge in [-0.1, -0.05) is 84.0 Å². The summed E-state index contributed by atoms with van der Waals surface area (Å²) in [6.07, 6.45) is 11.0. The molecule has 0 aromatic carbocycles. The summed E-state index contributed by atoms with van der Waals surface area (Å²) in [6, 6.07) is -10.1. The van der Waals surface area contributed by atoms with Crippen molar-refractivity contribution >= 4 is 59.1 Å². The second kappa shape index (κ2) is 34.7. The number of aliphatic carboxylic acids is 1. The first-order chi connectivity index (χ1) is 32.8. The van der Waals surface area contributed by atoms with E-state index in [9.17, 15) is 78.8 Å². The molecule has 1 fully saturated rings. The molecule has 7 atom stereocenters. The molecule has 25 nitrogen and oxygen atoms in total. The smallest absolute Gasteiger partial charge is 0.326 e. The van der Waals surface area contributed by atoms with Crippen LogP contribution in [-0.4, -0.2) is 175 Å². The molecule has 25 heteroatoms. The van der Waals surface area contributed by atoms with Gasteiger partial charge < -0.3 is 57.6 Å². The van der Waals surface area contributed by atoms with Crippen molar-refractivity contribution in [2.45, 2.75) is 185 Å². The molecule has 0 unspecified atom stereocenters. The molecule has 9 amide bonds. The van der Waals surface area contributed by atoms with Crippen LogP contribution in [0.25, 0.3) is 0 Å². The number of carbonyl (C=O) groups is 10. The minimum absolute atomic E-state index is 0.00926. The van der Waals surface area contributed by atoms with Gasteiger partial charge in [-0.2, -0.15) is 0 Å². The summed E-state index contributed by atoms with van der Waals surface area (Å²) >= 11 is 0. The Kier molecular flexibility index (Phi) is 31.0. The van der Waals surface area contributed by atoms with Crippen molar-refractivity contribution in [1.82, 2.24) is 47.3 Å². The van der Waals surface area contributed by atoms with Crippen LogP contribution in [-0.2, 0) is 47.9 Å². The Labute approximate surface area is 402 Å². The van der Waals surface area contributed by atoms with E-state index in [1.165, 1.54) is 44.9 Å². The van der Waals surface area contributed by atoms with Gasteiger partial charge in [-0.25, -0.2) is 14.9 Å². The van der Waals surface area contributed by atoms with Crippen molar-refractivity contribution in [3.63, 3.8) is 0 Å². The molecule has 0 aliphatic carbocycles. The van der Waals surface area contributed by atoms with E-state index in [0.29, 0.717) is 16.5 Å². The molecule has 0 saturated carbocycles. The average molecular weight is 988 g/mol. The summed E-state index contributed by atoms with van der Waals surface area (Å²) < 4.78 is 0. The van der Waals surface area contributed by atoms with Crippen LogP contribution in [0.4, 0.5) is 0 Å². The van der Waals surface area contributed by atoms with Crippen molar-refractivity contribution < 1.29 is 78.8 Å². The molecule has 69 heavy (non-hydrogen) atoms. The number of aliphatic hydroxyl groups excluding tert-OH is 3. The molecule has 1 aliphatic rings. The van der Waals surface area contributed by atoms with Gasteiger partial charge in [0, 0.05) is 39.9 Å². The largest absolute Gasteiger partial charge is 0.480 e. The number of aliphatic hydroxyl groups is 3. The minimum atomic E-state index is -2.03. The molecule has 0 radical (unpaired) electrons. The third kappa shape index (κ3) is 25.1. The highest BCUT2D eigenvalue weighted by atomic mass is 16.5. The van der Waals surface area contributed by atoms with E-state index in [4.69, 9.17) is 0 Å². The van der Waals surface area contributed by atoms with Crippen LogP contribution in [0.3, 0.4) is 0 Å². The van der Waals surface area contributed by atoms with Gasteiger partial charge >= 0.3 is 5.97 Å².